The molecule has 0 bridgehead atoms. The van der Waals surface area contributed by atoms with Gasteiger partial charge in [-0.15, -0.1) is 0 Å². The number of carbonyl (C=O) groups excluding carboxylic acids is 5. The van der Waals surface area contributed by atoms with Crippen molar-refractivity contribution >= 4 is 40.7 Å². The van der Waals surface area contributed by atoms with Gasteiger partial charge in [-0.3, -0.25) is 24.0 Å². The molecule has 0 aromatic heterocycles. The average Bonchev–Trinajstić information content (AvgIpc) is 2.91. The lowest BCUT2D eigenvalue weighted by Gasteiger charge is -2.48. The first-order valence-corrected chi connectivity index (χ1v) is 13.5. The lowest BCUT2D eigenvalue weighted by Crippen LogP contribution is -2.68. The van der Waals surface area contributed by atoms with Crippen LogP contribution in [0.25, 0.3) is 0 Å². The number of benzene rings is 2. The van der Waals surface area contributed by atoms with Crippen molar-refractivity contribution in [2.75, 3.05) is 19.0 Å². The Morgan fingerprint density at radius 1 is 1.05 bits per heavy atom. The molecule has 2 aromatic carbocycles. The molecule has 1 amide bonds. The predicted molar refractivity (Wildman–Crippen MR) is 147 cm³/mol. The predicted octanol–water partition coefficient (Wildman–Crippen LogP) is 0.381. The molecule has 0 aliphatic heterocycles. The number of carboxylic acids is 1. The van der Waals surface area contributed by atoms with E-state index in [-0.39, 0.29) is 42.7 Å². The highest BCUT2D eigenvalue weighted by atomic mass is 16.4. The zero-order valence-corrected chi connectivity index (χ0v) is 23.0. The standard InChI is InChI=1S/C30H31N3O9/c1-33(2)19-9-16(12-32-11-13-3-5-14(6-4-13)29(40)41)24(35)22-18(19)8-15-7-17-10-20(34)23(28(31)39)27(38)30(17,42)26(37)21(15)25(22)36/h3-6,9,15,17,21,23,32,35,42H,7-8,10-12H2,1-2H3,(H2,31,39)(H,40,41)/t15-,17+,21?,23?,30+/m1/s1. The van der Waals surface area contributed by atoms with Gasteiger partial charge in [0.2, 0.25) is 5.91 Å². The number of aliphatic hydroxyl groups is 1. The van der Waals surface area contributed by atoms with Crippen molar-refractivity contribution in [2.45, 2.75) is 38.0 Å². The second kappa shape index (κ2) is 10.4. The number of ketones is 4. The molecule has 5 rings (SSSR count). The summed E-state index contributed by atoms with van der Waals surface area (Å²) in [5.74, 6) is -11.6. The fourth-order valence-electron chi connectivity index (χ4n) is 6.71. The fourth-order valence-corrected chi connectivity index (χ4v) is 6.71. The van der Waals surface area contributed by atoms with E-state index in [9.17, 15) is 39.0 Å². The van der Waals surface area contributed by atoms with Crippen molar-refractivity contribution in [1.29, 1.82) is 0 Å². The first-order valence-electron chi connectivity index (χ1n) is 13.5. The number of amides is 1. The second-order valence-corrected chi connectivity index (χ2v) is 11.5. The van der Waals surface area contributed by atoms with E-state index in [4.69, 9.17) is 10.8 Å². The summed E-state index contributed by atoms with van der Waals surface area (Å²) in [7, 11) is 3.55. The molecule has 5 atom stereocenters. The van der Waals surface area contributed by atoms with Crippen LogP contribution in [0.3, 0.4) is 0 Å². The Morgan fingerprint density at radius 2 is 1.71 bits per heavy atom. The number of nitrogens with two attached hydrogens (primary N) is 1. The first kappa shape index (κ1) is 29.1. The molecule has 12 heteroatoms. The fraction of sp³-hybridized carbons (Fsp3) is 0.400. The summed E-state index contributed by atoms with van der Waals surface area (Å²) in [5, 5.41) is 34.9. The van der Waals surface area contributed by atoms with Crippen molar-refractivity contribution < 1.29 is 44.1 Å². The maximum Gasteiger partial charge on any atom is 0.335 e. The van der Waals surface area contributed by atoms with Gasteiger partial charge < -0.3 is 31.3 Å². The van der Waals surface area contributed by atoms with Crippen molar-refractivity contribution in [3.63, 3.8) is 0 Å². The van der Waals surface area contributed by atoms with E-state index in [0.29, 0.717) is 23.4 Å². The van der Waals surface area contributed by atoms with Crippen LogP contribution in [-0.4, -0.2) is 70.0 Å². The molecule has 0 saturated heterocycles. The number of nitrogens with one attached hydrogen (secondary N) is 1. The van der Waals surface area contributed by atoms with E-state index in [0.717, 1.165) is 5.56 Å². The summed E-state index contributed by atoms with van der Waals surface area (Å²) in [6.45, 7) is 0.462. The van der Waals surface area contributed by atoms with Gasteiger partial charge in [0.25, 0.3) is 0 Å². The van der Waals surface area contributed by atoms with E-state index in [2.05, 4.69) is 5.32 Å². The molecule has 3 aliphatic carbocycles. The number of Topliss-reactive ketones (excluding diaryl/α,β-unsaturated/α-hetero) is 4. The topological polar surface area (TPSA) is 204 Å². The summed E-state index contributed by atoms with van der Waals surface area (Å²) in [6, 6.07) is 8.02. The lowest BCUT2D eigenvalue weighted by atomic mass is 9.53. The Balaban J connectivity index is 1.47. The van der Waals surface area contributed by atoms with Gasteiger partial charge in [-0.2, -0.15) is 0 Å². The van der Waals surface area contributed by atoms with E-state index < -0.39 is 64.3 Å². The number of phenols is 1. The van der Waals surface area contributed by atoms with Crippen LogP contribution in [0.15, 0.2) is 30.3 Å². The number of nitrogens with zero attached hydrogens (tertiary/aromatic N) is 1. The summed E-state index contributed by atoms with van der Waals surface area (Å²) < 4.78 is 0. The number of aromatic hydroxyl groups is 1. The third kappa shape index (κ3) is 4.47. The van der Waals surface area contributed by atoms with Crippen LogP contribution in [0.1, 0.15) is 50.2 Å². The number of carbonyl (C=O) groups is 6. The van der Waals surface area contributed by atoms with Gasteiger partial charge in [0.1, 0.15) is 5.75 Å². The molecule has 6 N–H and O–H groups in total. The number of carboxylic acid groups (broad SMARTS) is 1. The van der Waals surface area contributed by atoms with E-state index in [1.165, 1.54) is 12.1 Å². The summed E-state index contributed by atoms with van der Waals surface area (Å²) in [5.41, 5.74) is 4.97. The molecule has 0 radical (unpaired) electrons. The van der Waals surface area contributed by atoms with Crippen molar-refractivity contribution in [3.8, 4) is 5.75 Å². The number of primary amides is 1. The largest absolute Gasteiger partial charge is 0.507 e. The highest BCUT2D eigenvalue weighted by Crippen LogP contribution is 2.51. The Morgan fingerprint density at radius 3 is 2.31 bits per heavy atom. The van der Waals surface area contributed by atoms with Gasteiger partial charge in [-0.1, -0.05) is 12.1 Å². The Bertz CT molecular complexity index is 1550. The number of hydrogen-bond donors (Lipinski definition) is 5. The summed E-state index contributed by atoms with van der Waals surface area (Å²) >= 11 is 0. The molecule has 2 aromatic rings. The molecule has 12 nitrogen and oxygen atoms in total. The highest BCUT2D eigenvalue weighted by molar-refractivity contribution is 6.31. The molecule has 2 unspecified atom stereocenters. The van der Waals surface area contributed by atoms with Crippen LogP contribution in [0.2, 0.25) is 0 Å². The molecular weight excluding hydrogens is 546 g/mol. The zero-order valence-electron chi connectivity index (χ0n) is 23.0. The molecule has 42 heavy (non-hydrogen) atoms. The summed E-state index contributed by atoms with van der Waals surface area (Å²) in [4.78, 5) is 78.0. The normalized spacial score (nSPS) is 26.7. The lowest BCUT2D eigenvalue weighted by molar-refractivity contribution is -0.175. The molecule has 2 saturated carbocycles. The molecule has 3 aliphatic rings. The van der Waals surface area contributed by atoms with Crippen molar-refractivity contribution in [3.05, 3.63) is 58.1 Å². The van der Waals surface area contributed by atoms with Gasteiger partial charge in [-0.25, -0.2) is 4.79 Å². The Kier molecular flexibility index (Phi) is 7.23. The molecular formula is C30H31N3O9. The van der Waals surface area contributed by atoms with Crippen LogP contribution in [0.5, 0.6) is 5.75 Å². The van der Waals surface area contributed by atoms with E-state index >= 15 is 0 Å². The van der Waals surface area contributed by atoms with Gasteiger partial charge >= 0.3 is 5.97 Å². The van der Waals surface area contributed by atoms with E-state index in [1.807, 2.05) is 0 Å². The van der Waals surface area contributed by atoms with Crippen molar-refractivity contribution in [1.82, 2.24) is 5.32 Å². The molecule has 0 spiro atoms. The smallest absolute Gasteiger partial charge is 0.335 e. The number of rotatable bonds is 7. The molecule has 0 heterocycles. The Hall–Kier alpha value is -4.42. The first-order chi connectivity index (χ1) is 19.8. The number of anilines is 1. The maximum atomic E-state index is 13.9. The van der Waals surface area contributed by atoms with Crippen LogP contribution in [0.4, 0.5) is 5.69 Å². The maximum absolute atomic E-state index is 13.9. The van der Waals surface area contributed by atoms with Gasteiger partial charge in [-0.05, 0) is 48.1 Å². The molecule has 2 fully saturated rings. The number of phenolic OH excluding ortho intramolecular Hbond substituents is 1. The van der Waals surface area contributed by atoms with Crippen LogP contribution >= 0.6 is 0 Å². The van der Waals surface area contributed by atoms with Crippen molar-refractivity contribution in [2.24, 2.45) is 29.4 Å². The minimum atomic E-state index is -2.70. The number of hydrogen-bond acceptors (Lipinski definition) is 10. The third-order valence-electron chi connectivity index (χ3n) is 8.78. The van der Waals surface area contributed by atoms with Gasteiger partial charge in [0, 0.05) is 50.8 Å². The quantitative estimate of drug-likeness (QED) is 0.285. The summed E-state index contributed by atoms with van der Waals surface area (Å²) in [6.07, 6.45) is -0.170. The Labute approximate surface area is 240 Å². The molecule has 220 valence electrons. The minimum absolute atomic E-state index is 0.0264. The van der Waals surface area contributed by atoms with Crippen LogP contribution in [0, 0.1) is 23.7 Å². The second-order valence-electron chi connectivity index (χ2n) is 11.5. The number of fused-ring (bicyclic) bond motifs is 3. The van der Waals surface area contributed by atoms with E-state index in [1.54, 1.807) is 37.2 Å². The van der Waals surface area contributed by atoms with Crippen LogP contribution < -0.4 is 16.0 Å². The van der Waals surface area contributed by atoms with Crippen LogP contribution in [-0.2, 0) is 38.7 Å². The third-order valence-corrected chi connectivity index (χ3v) is 8.78. The highest BCUT2D eigenvalue weighted by Gasteiger charge is 2.66. The van der Waals surface area contributed by atoms with Gasteiger partial charge in [0.15, 0.2) is 34.7 Å². The zero-order chi connectivity index (χ0) is 30.7. The van der Waals surface area contributed by atoms with Gasteiger partial charge in [0.05, 0.1) is 17.0 Å². The number of aromatic carboxylic acids is 1. The SMILES string of the molecule is CN(C)c1cc(CNCc2ccc(C(=O)O)cc2)c(O)c2c1C[C@H]1C[C@H]3CC(=O)C(C(N)=O)C(=O)[C@@]3(O)C(=O)C1C2=O. The average molecular weight is 578 g/mol. The minimum Gasteiger partial charge on any atom is -0.507 e. The monoisotopic (exact) mass is 577 g/mol.